The van der Waals surface area contributed by atoms with E-state index in [0.717, 1.165) is 44.1 Å². The molecule has 0 bridgehead atoms. The molecule has 5 saturated carbocycles. The van der Waals surface area contributed by atoms with Crippen LogP contribution in [-0.4, -0.2) is 41.1 Å². The first-order valence-electron chi connectivity index (χ1n) is 17.2. The Bertz CT molecular complexity index is 1320. The number of amides is 2. The number of nitrogens with zero attached hydrogens (tertiary/aromatic N) is 1. The van der Waals surface area contributed by atoms with E-state index in [9.17, 15) is 27.6 Å². The lowest BCUT2D eigenvalue weighted by Gasteiger charge is -2.70. The van der Waals surface area contributed by atoms with Gasteiger partial charge in [-0.2, -0.15) is 0 Å². The number of fused-ring (bicyclic) bond motifs is 7. The van der Waals surface area contributed by atoms with Gasteiger partial charge in [0.25, 0.3) is 5.91 Å². The second kappa shape index (κ2) is 10.1. The van der Waals surface area contributed by atoms with Crippen molar-refractivity contribution in [2.45, 2.75) is 144 Å². The third-order valence-corrected chi connectivity index (χ3v) is 14.7. The smallest absolute Gasteiger partial charge is 0.353 e. The van der Waals surface area contributed by atoms with Gasteiger partial charge in [-0.1, -0.05) is 54.0 Å². The maximum Gasteiger partial charge on any atom is 0.511 e. The standard InChI is InChI=1S/C36H53F3N2O4/c1-21(42)40-27-12-13-33(6)26(30(27,2)3)11-14-35(8)28(33)25(43)19-23-24-20-32(5,16-15-31(24,4)17-18-34(23,35)7)29(44)41(36(37,38)39)45-22-9-10-22/h19,22,24,26-28H,9-18,20H2,1-8H3,(H,40,42)/t24-,26?,27-,28+,31+,32-,33-,34+,35+/m0/s1. The SMILES string of the molecule is CC(=O)N[C@H]1CC[C@@]2(C)C(CC[C@]3(C)[C@@H]2C(=O)C=C2[C@@H]4C[C@@](C)(C(=O)N(OC5CC5)C(F)(F)F)CC[C@]4(C)CC[C@]23C)C1(C)C. The van der Waals surface area contributed by atoms with Crippen molar-refractivity contribution in [1.82, 2.24) is 10.4 Å². The summed E-state index contributed by atoms with van der Waals surface area (Å²) in [6.07, 6.45) is 4.12. The molecule has 0 aromatic rings. The maximum atomic E-state index is 14.6. The molecular weight excluding hydrogens is 581 g/mol. The van der Waals surface area contributed by atoms with Crippen molar-refractivity contribution in [3.05, 3.63) is 11.6 Å². The van der Waals surface area contributed by atoms with E-state index in [0.29, 0.717) is 25.7 Å². The largest absolute Gasteiger partial charge is 0.511 e. The molecule has 0 aliphatic heterocycles. The minimum atomic E-state index is -4.91. The van der Waals surface area contributed by atoms with E-state index in [4.69, 9.17) is 4.84 Å². The topological polar surface area (TPSA) is 75.7 Å². The molecular formula is C36H53F3N2O4. The van der Waals surface area contributed by atoms with Crippen LogP contribution in [0.25, 0.3) is 0 Å². The molecule has 6 aliphatic carbocycles. The van der Waals surface area contributed by atoms with Crippen LogP contribution in [0.2, 0.25) is 0 Å². The van der Waals surface area contributed by atoms with Gasteiger partial charge in [0.2, 0.25) is 5.91 Å². The first kappa shape index (κ1) is 33.0. The van der Waals surface area contributed by atoms with E-state index in [-0.39, 0.29) is 74.0 Å². The summed E-state index contributed by atoms with van der Waals surface area (Å²) in [6, 6.07) is 0.0609. The van der Waals surface area contributed by atoms with Gasteiger partial charge in [-0.15, -0.1) is 18.2 Å². The number of allylic oxidation sites excluding steroid dienone is 2. The van der Waals surface area contributed by atoms with Gasteiger partial charge in [0, 0.05) is 24.3 Å². The number of ketones is 1. The molecule has 6 aliphatic rings. The molecule has 0 aromatic carbocycles. The summed E-state index contributed by atoms with van der Waals surface area (Å²) in [5, 5.41) is 2.92. The monoisotopic (exact) mass is 634 g/mol. The zero-order chi connectivity index (χ0) is 33.2. The van der Waals surface area contributed by atoms with Crippen molar-refractivity contribution in [3.63, 3.8) is 0 Å². The average molecular weight is 635 g/mol. The first-order valence-corrected chi connectivity index (χ1v) is 17.2. The summed E-state index contributed by atoms with van der Waals surface area (Å²) in [6.45, 7) is 16.9. The minimum absolute atomic E-state index is 0.0215. The van der Waals surface area contributed by atoms with E-state index >= 15 is 0 Å². The number of hydrogen-bond acceptors (Lipinski definition) is 4. The molecule has 252 valence electrons. The molecule has 0 heterocycles. The number of alkyl halides is 3. The molecule has 9 heteroatoms. The second-order valence-electron chi connectivity index (χ2n) is 17.7. The Morgan fingerprint density at radius 1 is 0.911 bits per heavy atom. The van der Waals surface area contributed by atoms with Gasteiger partial charge in [-0.25, -0.2) is 0 Å². The molecule has 1 unspecified atom stereocenters. The van der Waals surface area contributed by atoms with Crippen LogP contribution >= 0.6 is 0 Å². The van der Waals surface area contributed by atoms with Crippen molar-refractivity contribution in [2.75, 3.05) is 0 Å². The third kappa shape index (κ3) is 4.77. The number of hydroxylamine groups is 2. The van der Waals surface area contributed by atoms with E-state index in [2.05, 4.69) is 46.9 Å². The van der Waals surface area contributed by atoms with Crippen LogP contribution in [-0.2, 0) is 19.2 Å². The van der Waals surface area contributed by atoms with Crippen LogP contribution in [0.3, 0.4) is 0 Å². The number of carbonyl (C=O) groups is 3. The van der Waals surface area contributed by atoms with Gasteiger partial charge in [-0.05, 0) is 116 Å². The first-order chi connectivity index (χ1) is 20.6. The predicted molar refractivity (Wildman–Crippen MR) is 164 cm³/mol. The molecule has 2 amide bonds. The lowest BCUT2D eigenvalue weighted by molar-refractivity contribution is -0.359. The summed E-state index contributed by atoms with van der Waals surface area (Å²) in [7, 11) is 0. The van der Waals surface area contributed by atoms with Crippen molar-refractivity contribution in [2.24, 2.45) is 50.2 Å². The summed E-state index contributed by atoms with van der Waals surface area (Å²) >= 11 is 0. The fourth-order valence-electron chi connectivity index (χ4n) is 11.7. The molecule has 0 radical (unpaired) electrons. The van der Waals surface area contributed by atoms with Crippen LogP contribution in [0, 0.1) is 50.2 Å². The molecule has 9 atom stereocenters. The number of rotatable bonds is 4. The van der Waals surface area contributed by atoms with Gasteiger partial charge in [0.05, 0.1) is 6.10 Å². The lowest BCUT2D eigenvalue weighted by atomic mass is 9.33. The minimum Gasteiger partial charge on any atom is -0.353 e. The molecule has 1 N–H and O–H groups in total. The Hall–Kier alpha value is -1.90. The van der Waals surface area contributed by atoms with E-state index < -0.39 is 23.7 Å². The third-order valence-electron chi connectivity index (χ3n) is 14.7. The molecule has 6 rings (SSSR count). The number of halogens is 3. The number of nitrogens with one attached hydrogen (secondary N) is 1. The van der Waals surface area contributed by atoms with Gasteiger partial charge in [-0.3, -0.25) is 19.2 Å². The van der Waals surface area contributed by atoms with Crippen LogP contribution in [0.1, 0.15) is 126 Å². The van der Waals surface area contributed by atoms with Crippen LogP contribution in [0.5, 0.6) is 0 Å². The van der Waals surface area contributed by atoms with Crippen molar-refractivity contribution >= 4 is 17.6 Å². The molecule has 0 spiro atoms. The number of carbonyl (C=O) groups excluding carboxylic acids is 3. The fourth-order valence-corrected chi connectivity index (χ4v) is 11.7. The second-order valence-corrected chi connectivity index (χ2v) is 17.7. The van der Waals surface area contributed by atoms with Crippen LogP contribution in [0.4, 0.5) is 13.2 Å². The highest BCUT2D eigenvalue weighted by Crippen LogP contribution is 2.75. The molecule has 0 saturated heterocycles. The summed E-state index contributed by atoms with van der Waals surface area (Å²) < 4.78 is 42.4. The van der Waals surface area contributed by atoms with Crippen molar-refractivity contribution in [3.8, 4) is 0 Å². The predicted octanol–water partition coefficient (Wildman–Crippen LogP) is 7.91. The highest BCUT2D eigenvalue weighted by Gasteiger charge is 2.70. The Morgan fingerprint density at radius 2 is 1.56 bits per heavy atom. The van der Waals surface area contributed by atoms with E-state index in [1.807, 2.05) is 6.08 Å². The summed E-state index contributed by atoms with van der Waals surface area (Å²) in [4.78, 5) is 45.6. The molecule has 0 aromatic heterocycles. The van der Waals surface area contributed by atoms with Gasteiger partial charge >= 0.3 is 6.30 Å². The van der Waals surface area contributed by atoms with Crippen molar-refractivity contribution in [1.29, 1.82) is 0 Å². The van der Waals surface area contributed by atoms with Gasteiger partial charge < -0.3 is 5.32 Å². The summed E-state index contributed by atoms with van der Waals surface area (Å²) in [5.74, 6) is -0.956. The Balaban J connectivity index is 1.36. The van der Waals surface area contributed by atoms with Crippen molar-refractivity contribution < 1.29 is 32.4 Å². The summed E-state index contributed by atoms with van der Waals surface area (Å²) in [5.41, 5.74) is -1.40. The quantitative estimate of drug-likeness (QED) is 0.252. The van der Waals surface area contributed by atoms with E-state index in [1.54, 1.807) is 13.8 Å². The van der Waals surface area contributed by atoms with E-state index in [1.165, 1.54) is 0 Å². The molecule has 5 fully saturated rings. The fraction of sp³-hybridized carbons (Fsp3) is 0.861. The zero-order valence-corrected chi connectivity index (χ0v) is 28.5. The Morgan fingerprint density at radius 3 is 2.16 bits per heavy atom. The maximum absolute atomic E-state index is 14.6. The Labute approximate surface area is 266 Å². The zero-order valence-electron chi connectivity index (χ0n) is 28.5. The highest BCUT2D eigenvalue weighted by molar-refractivity contribution is 5.96. The molecule has 45 heavy (non-hydrogen) atoms. The average Bonchev–Trinajstić information content (AvgIpc) is 3.74. The van der Waals surface area contributed by atoms with Crippen LogP contribution in [0.15, 0.2) is 11.6 Å². The van der Waals surface area contributed by atoms with Gasteiger partial charge in [0.1, 0.15) is 0 Å². The van der Waals surface area contributed by atoms with Gasteiger partial charge in [0.15, 0.2) is 5.78 Å². The normalized spacial score (nSPS) is 45.7. The highest BCUT2D eigenvalue weighted by atomic mass is 19.4. The lowest BCUT2D eigenvalue weighted by Crippen LogP contribution is -2.67. The Kier molecular flexibility index (Phi) is 7.38. The number of hydrogen-bond donors (Lipinski definition) is 1. The molecule has 6 nitrogen and oxygen atoms in total. The van der Waals surface area contributed by atoms with Crippen LogP contribution < -0.4 is 5.32 Å².